The average Bonchev–Trinajstić information content (AvgIpc) is 2.24. The third-order valence-electron chi connectivity index (χ3n) is 1.57. The molecule has 2 N–H and O–H groups in total. The number of nitrogens with two attached hydrogens (primary N) is 1. The maximum Gasteiger partial charge on any atom is 0.426 e. The first-order valence-corrected chi connectivity index (χ1v) is 6.16. The predicted octanol–water partition coefficient (Wildman–Crippen LogP) is 2.10. The zero-order chi connectivity index (χ0) is 16.1. The van der Waals surface area contributed by atoms with Crippen molar-refractivity contribution >= 4 is 9.28 Å². The summed E-state index contributed by atoms with van der Waals surface area (Å²) in [6, 6.07) is 0. The normalized spacial score (nSPS) is 18.1. The number of halogens is 9. The van der Waals surface area contributed by atoms with Crippen LogP contribution in [0.4, 0.5) is 39.5 Å². The minimum atomic E-state index is -5.00. The highest BCUT2D eigenvalue weighted by Crippen LogP contribution is 2.21. The maximum absolute atomic E-state index is 13.2. The highest BCUT2D eigenvalue weighted by Gasteiger charge is 2.44. The molecule has 0 saturated heterocycles. The molecule has 0 aliphatic heterocycles. The van der Waals surface area contributed by atoms with Crippen LogP contribution < -0.4 is 5.73 Å². The van der Waals surface area contributed by atoms with Gasteiger partial charge in [-0.1, -0.05) is 0 Å². The lowest BCUT2D eigenvalue weighted by Crippen LogP contribution is -2.48. The molecular formula is C7H9F9NO2Si. The predicted molar refractivity (Wildman–Crippen MR) is 48.6 cm³/mol. The Kier molecular flexibility index (Phi) is 7.27. The van der Waals surface area contributed by atoms with Crippen LogP contribution in [-0.2, 0) is 8.85 Å². The van der Waals surface area contributed by atoms with E-state index in [0.29, 0.717) is 0 Å². The van der Waals surface area contributed by atoms with Gasteiger partial charge in [-0.15, -0.1) is 0 Å². The largest absolute Gasteiger partial charge is 0.426 e. The molecule has 0 bridgehead atoms. The summed E-state index contributed by atoms with van der Waals surface area (Å²) in [4.78, 5) is 0. The van der Waals surface area contributed by atoms with Gasteiger partial charge in [0.05, 0.1) is 0 Å². The standard InChI is InChI=1S/C7H9F9NO2Si/c8-3(4(9)17)5(10)20(18-1-6(11,12)13)19-2-7(14,15)16/h3-5H,1-2,17H2. The van der Waals surface area contributed by atoms with Crippen LogP contribution >= 0.6 is 0 Å². The Hall–Kier alpha value is -0.533. The molecule has 3 nitrogen and oxygen atoms in total. The second kappa shape index (κ2) is 7.47. The highest BCUT2D eigenvalue weighted by molar-refractivity contribution is 6.46. The second-order valence-electron chi connectivity index (χ2n) is 3.42. The number of hydrogen-bond acceptors (Lipinski definition) is 3. The van der Waals surface area contributed by atoms with Gasteiger partial charge >= 0.3 is 21.6 Å². The van der Waals surface area contributed by atoms with E-state index in [1.165, 1.54) is 0 Å². The number of alkyl halides is 9. The van der Waals surface area contributed by atoms with E-state index in [2.05, 4.69) is 14.6 Å². The molecule has 13 heteroatoms. The first kappa shape index (κ1) is 19.5. The molecule has 1 radical (unpaired) electrons. The molecule has 0 saturated carbocycles. The molecule has 0 rings (SSSR count). The fraction of sp³-hybridized carbons (Fsp3) is 1.00. The molecule has 0 aliphatic carbocycles. The Labute approximate surface area is 108 Å². The molecule has 0 spiro atoms. The molecule has 20 heavy (non-hydrogen) atoms. The SMILES string of the molecule is NC(F)C(F)C(F)[Si](OCC(F)(F)F)OCC(F)(F)F. The van der Waals surface area contributed by atoms with Crippen molar-refractivity contribution in [3.63, 3.8) is 0 Å². The fourth-order valence-electron chi connectivity index (χ4n) is 0.798. The third kappa shape index (κ3) is 8.60. The fourth-order valence-corrected chi connectivity index (χ4v) is 2.26. The van der Waals surface area contributed by atoms with E-state index in [-0.39, 0.29) is 0 Å². The van der Waals surface area contributed by atoms with Gasteiger partial charge in [0.25, 0.3) is 0 Å². The van der Waals surface area contributed by atoms with E-state index in [1.54, 1.807) is 0 Å². The Morgan fingerprint density at radius 3 is 1.45 bits per heavy atom. The van der Waals surface area contributed by atoms with Crippen molar-refractivity contribution in [2.45, 2.75) is 30.6 Å². The summed E-state index contributed by atoms with van der Waals surface area (Å²) < 4.78 is 117. The van der Waals surface area contributed by atoms with Crippen molar-refractivity contribution in [3.8, 4) is 0 Å². The van der Waals surface area contributed by atoms with Crippen LogP contribution in [0.5, 0.6) is 0 Å². The Bertz CT molecular complexity index is 266. The molecule has 0 aromatic carbocycles. The van der Waals surface area contributed by atoms with Gasteiger partial charge in [-0.05, 0) is 0 Å². The van der Waals surface area contributed by atoms with Crippen LogP contribution in [0.3, 0.4) is 0 Å². The summed E-state index contributed by atoms with van der Waals surface area (Å²) in [6.07, 6.45) is -16.1. The Balaban J connectivity index is 4.69. The molecule has 0 aromatic heterocycles. The number of hydrogen-bond donors (Lipinski definition) is 1. The highest BCUT2D eigenvalue weighted by atomic mass is 28.3. The van der Waals surface area contributed by atoms with Crippen molar-refractivity contribution in [3.05, 3.63) is 0 Å². The summed E-state index contributed by atoms with van der Waals surface area (Å²) >= 11 is 0. The summed E-state index contributed by atoms with van der Waals surface area (Å²) in [5.74, 6) is -3.16. The van der Waals surface area contributed by atoms with Crippen LogP contribution in [0.1, 0.15) is 0 Å². The minimum Gasteiger partial charge on any atom is -0.382 e. The van der Waals surface area contributed by atoms with Crippen LogP contribution in [0.2, 0.25) is 0 Å². The molecular weight excluding hydrogens is 329 g/mol. The van der Waals surface area contributed by atoms with E-state index in [9.17, 15) is 39.5 Å². The van der Waals surface area contributed by atoms with Crippen molar-refractivity contribution in [2.24, 2.45) is 5.73 Å². The average molecular weight is 338 g/mol. The van der Waals surface area contributed by atoms with Gasteiger partial charge in [0.1, 0.15) is 13.2 Å². The maximum atomic E-state index is 13.2. The van der Waals surface area contributed by atoms with E-state index in [4.69, 9.17) is 0 Å². The van der Waals surface area contributed by atoms with E-state index in [1.807, 2.05) is 0 Å². The summed E-state index contributed by atoms with van der Waals surface area (Å²) in [7, 11) is -4.03. The van der Waals surface area contributed by atoms with Gasteiger partial charge in [0.15, 0.2) is 18.3 Å². The van der Waals surface area contributed by atoms with Crippen molar-refractivity contribution < 1.29 is 48.4 Å². The van der Waals surface area contributed by atoms with E-state index in [0.717, 1.165) is 0 Å². The lowest BCUT2D eigenvalue weighted by atomic mass is 10.4. The summed E-state index contributed by atoms with van der Waals surface area (Å²) in [6.45, 7) is -4.32. The first-order chi connectivity index (χ1) is 8.83. The molecule has 0 aliphatic rings. The minimum absolute atomic E-state index is 2.16. The second-order valence-corrected chi connectivity index (χ2v) is 5.18. The van der Waals surface area contributed by atoms with E-state index >= 15 is 0 Å². The van der Waals surface area contributed by atoms with E-state index < -0.39 is 53.1 Å². The van der Waals surface area contributed by atoms with Gasteiger partial charge in [-0.3, -0.25) is 5.73 Å². The summed E-state index contributed by atoms with van der Waals surface area (Å²) in [5, 5.41) is 0. The van der Waals surface area contributed by atoms with Gasteiger partial charge in [0.2, 0.25) is 0 Å². The molecule has 0 amide bonds. The van der Waals surface area contributed by atoms with Gasteiger partial charge in [-0.25, -0.2) is 13.2 Å². The van der Waals surface area contributed by atoms with Crippen LogP contribution in [0.15, 0.2) is 0 Å². The first-order valence-electron chi connectivity index (χ1n) is 4.77. The summed E-state index contributed by atoms with van der Waals surface area (Å²) in [5.41, 5.74) is 4.32. The molecule has 3 atom stereocenters. The van der Waals surface area contributed by atoms with Crippen LogP contribution in [0, 0.1) is 0 Å². The molecule has 121 valence electrons. The van der Waals surface area contributed by atoms with Gasteiger partial charge < -0.3 is 8.85 Å². The molecule has 0 fully saturated rings. The molecule has 0 aromatic rings. The monoisotopic (exact) mass is 338 g/mol. The zero-order valence-corrected chi connectivity index (χ0v) is 10.4. The molecule has 3 unspecified atom stereocenters. The molecule has 0 heterocycles. The van der Waals surface area contributed by atoms with Crippen molar-refractivity contribution in [1.82, 2.24) is 0 Å². The third-order valence-corrected chi connectivity index (χ3v) is 3.19. The smallest absolute Gasteiger partial charge is 0.382 e. The van der Waals surface area contributed by atoms with Crippen molar-refractivity contribution in [2.75, 3.05) is 13.2 Å². The van der Waals surface area contributed by atoms with Gasteiger partial charge in [-0.2, -0.15) is 26.3 Å². The lowest BCUT2D eigenvalue weighted by molar-refractivity contribution is -0.170. The number of rotatable bonds is 7. The van der Waals surface area contributed by atoms with Gasteiger partial charge in [0, 0.05) is 0 Å². The zero-order valence-electron chi connectivity index (χ0n) is 9.44. The van der Waals surface area contributed by atoms with Crippen LogP contribution in [0.25, 0.3) is 0 Å². The Morgan fingerprint density at radius 2 is 1.20 bits per heavy atom. The van der Waals surface area contributed by atoms with Crippen molar-refractivity contribution in [1.29, 1.82) is 0 Å². The quantitative estimate of drug-likeness (QED) is 0.439. The lowest BCUT2D eigenvalue weighted by Gasteiger charge is -2.22. The topological polar surface area (TPSA) is 44.5 Å². The Morgan fingerprint density at radius 1 is 0.850 bits per heavy atom. The van der Waals surface area contributed by atoms with Crippen LogP contribution in [-0.4, -0.2) is 53.1 Å².